The van der Waals surface area contributed by atoms with E-state index in [0.29, 0.717) is 31.6 Å². The second kappa shape index (κ2) is 9.69. The predicted molar refractivity (Wildman–Crippen MR) is 114 cm³/mol. The number of pyridine rings is 1. The Kier molecular flexibility index (Phi) is 7.27. The Balaban J connectivity index is 1.77. The molecule has 0 bridgehead atoms. The van der Waals surface area contributed by atoms with Crippen LogP contribution in [0.4, 0.5) is 0 Å². The van der Waals surface area contributed by atoms with Crippen molar-refractivity contribution < 1.29 is 13.2 Å². The number of carbonyl (C=O) groups is 1. The van der Waals surface area contributed by atoms with Gasteiger partial charge in [-0.2, -0.15) is 4.31 Å². The fourth-order valence-electron chi connectivity index (χ4n) is 3.41. The number of sulfonamides is 1. The van der Waals surface area contributed by atoms with Gasteiger partial charge < -0.3 is 4.90 Å². The summed E-state index contributed by atoms with van der Waals surface area (Å²) in [5.74, 6) is -0.245. The van der Waals surface area contributed by atoms with E-state index in [1.54, 1.807) is 24.2 Å². The maximum absolute atomic E-state index is 13.1. The third-order valence-electron chi connectivity index (χ3n) is 5.14. The first-order valence-corrected chi connectivity index (χ1v) is 11.7. The first-order chi connectivity index (χ1) is 13.9. The molecule has 6 nitrogen and oxygen atoms in total. The Morgan fingerprint density at radius 3 is 2.52 bits per heavy atom. The average molecular weight is 436 g/mol. The van der Waals surface area contributed by atoms with Gasteiger partial charge in [0.15, 0.2) is 0 Å². The van der Waals surface area contributed by atoms with Crippen molar-refractivity contribution in [2.75, 3.05) is 26.7 Å². The van der Waals surface area contributed by atoms with Crippen LogP contribution in [0.3, 0.4) is 0 Å². The summed E-state index contributed by atoms with van der Waals surface area (Å²) in [5, 5.41) is 0.141. The van der Waals surface area contributed by atoms with Crippen LogP contribution in [0.5, 0.6) is 0 Å². The molecule has 29 heavy (non-hydrogen) atoms. The smallest absolute Gasteiger partial charge is 0.253 e. The zero-order valence-corrected chi connectivity index (χ0v) is 18.1. The van der Waals surface area contributed by atoms with E-state index in [1.807, 2.05) is 18.2 Å². The highest BCUT2D eigenvalue weighted by atomic mass is 35.5. The molecule has 1 saturated heterocycles. The van der Waals surface area contributed by atoms with Crippen molar-refractivity contribution in [1.29, 1.82) is 0 Å². The van der Waals surface area contributed by atoms with Crippen molar-refractivity contribution in [3.8, 4) is 0 Å². The van der Waals surface area contributed by atoms with Gasteiger partial charge in [0.1, 0.15) is 4.90 Å². The number of nitrogens with zero attached hydrogens (tertiary/aromatic N) is 3. The molecule has 1 aromatic heterocycles. The molecule has 1 amide bonds. The number of amides is 1. The summed E-state index contributed by atoms with van der Waals surface area (Å²) in [6, 6.07) is 10.1. The molecule has 1 aliphatic rings. The SMILES string of the molecule is CN(CCc1ccccn1)C(=O)c1ccc(Cl)c(S(=O)(=O)N2CCCCCC2)c1. The Bertz CT molecular complexity index is 943. The van der Waals surface area contributed by atoms with Crippen molar-refractivity contribution in [2.24, 2.45) is 0 Å². The molecule has 0 spiro atoms. The molecule has 8 heteroatoms. The van der Waals surface area contributed by atoms with Gasteiger partial charge in [0.2, 0.25) is 10.0 Å². The highest BCUT2D eigenvalue weighted by molar-refractivity contribution is 7.89. The first kappa shape index (κ1) is 21.7. The Labute approximate surface area is 177 Å². The third kappa shape index (κ3) is 5.35. The monoisotopic (exact) mass is 435 g/mol. The number of rotatable bonds is 6. The third-order valence-corrected chi connectivity index (χ3v) is 7.52. The summed E-state index contributed by atoms with van der Waals surface area (Å²) in [4.78, 5) is 18.7. The van der Waals surface area contributed by atoms with Gasteiger partial charge in [-0.3, -0.25) is 9.78 Å². The molecule has 2 aromatic rings. The number of benzene rings is 1. The molecule has 1 aromatic carbocycles. The summed E-state index contributed by atoms with van der Waals surface area (Å²) < 4.78 is 27.7. The summed E-state index contributed by atoms with van der Waals surface area (Å²) in [7, 11) is -2.04. The Morgan fingerprint density at radius 1 is 1.14 bits per heavy atom. The topological polar surface area (TPSA) is 70.6 Å². The van der Waals surface area contributed by atoms with Gasteiger partial charge in [0.25, 0.3) is 5.91 Å². The minimum Gasteiger partial charge on any atom is -0.341 e. The average Bonchev–Trinajstić information content (AvgIpc) is 3.02. The molecule has 0 aliphatic carbocycles. The highest BCUT2D eigenvalue weighted by Crippen LogP contribution is 2.28. The molecular weight excluding hydrogens is 410 g/mol. The lowest BCUT2D eigenvalue weighted by Crippen LogP contribution is -2.33. The number of likely N-dealkylation sites (N-methyl/N-ethyl adjacent to an activating group) is 1. The molecule has 0 N–H and O–H groups in total. The van der Waals surface area contributed by atoms with Crippen LogP contribution in [-0.2, 0) is 16.4 Å². The Morgan fingerprint density at radius 2 is 1.86 bits per heavy atom. The highest BCUT2D eigenvalue weighted by Gasteiger charge is 2.28. The molecule has 0 saturated carbocycles. The van der Waals surface area contributed by atoms with E-state index in [9.17, 15) is 13.2 Å². The maximum Gasteiger partial charge on any atom is 0.253 e. The first-order valence-electron chi connectivity index (χ1n) is 9.84. The van der Waals surface area contributed by atoms with E-state index in [1.165, 1.54) is 16.4 Å². The molecule has 1 aliphatic heterocycles. The van der Waals surface area contributed by atoms with Gasteiger partial charge in [-0.05, 0) is 43.2 Å². The lowest BCUT2D eigenvalue weighted by atomic mass is 10.2. The quantitative estimate of drug-likeness (QED) is 0.694. The van der Waals surface area contributed by atoms with Crippen molar-refractivity contribution in [1.82, 2.24) is 14.2 Å². The minimum atomic E-state index is -3.73. The van der Waals surface area contributed by atoms with Crippen LogP contribution in [0, 0.1) is 0 Å². The van der Waals surface area contributed by atoms with Crippen LogP contribution >= 0.6 is 11.6 Å². The molecule has 0 radical (unpaired) electrons. The van der Waals surface area contributed by atoms with Crippen LogP contribution in [-0.4, -0.2) is 55.2 Å². The normalized spacial score (nSPS) is 15.7. The largest absolute Gasteiger partial charge is 0.341 e. The lowest BCUT2D eigenvalue weighted by molar-refractivity contribution is 0.0796. The van der Waals surface area contributed by atoms with Crippen LogP contribution in [0.15, 0.2) is 47.5 Å². The second-order valence-corrected chi connectivity index (χ2v) is 9.57. The number of hydrogen-bond donors (Lipinski definition) is 0. The van der Waals surface area contributed by atoms with Crippen molar-refractivity contribution in [3.63, 3.8) is 0 Å². The zero-order chi connectivity index (χ0) is 20.9. The predicted octanol–water partition coefficient (Wildman–Crippen LogP) is 3.61. The number of halogens is 1. The van der Waals surface area contributed by atoms with Crippen molar-refractivity contribution >= 4 is 27.5 Å². The molecule has 1 fully saturated rings. The van der Waals surface area contributed by atoms with Crippen molar-refractivity contribution in [3.05, 3.63) is 58.9 Å². The van der Waals surface area contributed by atoms with Gasteiger partial charge in [-0.25, -0.2) is 8.42 Å². The lowest BCUT2D eigenvalue weighted by Gasteiger charge is -2.22. The van der Waals surface area contributed by atoms with E-state index in [4.69, 9.17) is 11.6 Å². The van der Waals surface area contributed by atoms with Crippen LogP contribution in [0.2, 0.25) is 5.02 Å². The van der Waals surface area contributed by atoms with E-state index in [-0.39, 0.29) is 15.8 Å². The summed E-state index contributed by atoms with van der Waals surface area (Å²) in [6.45, 7) is 1.45. The van der Waals surface area contributed by atoms with E-state index < -0.39 is 10.0 Å². The fraction of sp³-hybridized carbons (Fsp3) is 0.429. The summed E-state index contributed by atoms with van der Waals surface area (Å²) >= 11 is 6.23. The molecule has 3 rings (SSSR count). The zero-order valence-electron chi connectivity index (χ0n) is 16.6. The van der Waals surface area contributed by atoms with Crippen LogP contribution < -0.4 is 0 Å². The standard InChI is InChI=1S/C21H26ClN3O3S/c1-24(15-11-18-8-4-5-12-23-18)21(26)17-9-10-19(22)20(16-17)29(27,28)25-13-6-2-3-7-14-25/h4-5,8-10,12,16H,2-3,6-7,11,13-15H2,1H3. The van der Waals surface area contributed by atoms with Gasteiger partial charge in [0.05, 0.1) is 5.02 Å². The van der Waals surface area contributed by atoms with Crippen LogP contribution in [0.1, 0.15) is 41.7 Å². The fourth-order valence-corrected chi connectivity index (χ4v) is 5.42. The number of carbonyl (C=O) groups excluding carboxylic acids is 1. The summed E-state index contributed by atoms with van der Waals surface area (Å²) in [6.07, 6.45) is 6.07. The van der Waals surface area contributed by atoms with E-state index >= 15 is 0 Å². The van der Waals surface area contributed by atoms with Crippen LogP contribution in [0.25, 0.3) is 0 Å². The van der Waals surface area contributed by atoms with Gasteiger partial charge in [-0.15, -0.1) is 0 Å². The molecule has 2 heterocycles. The van der Waals surface area contributed by atoms with Crippen molar-refractivity contribution in [2.45, 2.75) is 37.0 Å². The number of hydrogen-bond acceptors (Lipinski definition) is 4. The molecule has 156 valence electrons. The van der Waals surface area contributed by atoms with Gasteiger partial charge >= 0.3 is 0 Å². The maximum atomic E-state index is 13.1. The summed E-state index contributed by atoms with van der Waals surface area (Å²) in [5.41, 5.74) is 1.21. The van der Waals surface area contributed by atoms with Gasteiger partial charge in [0, 0.05) is 50.6 Å². The molecule has 0 atom stereocenters. The molecule has 0 unspecified atom stereocenters. The Hall–Kier alpha value is -1.96. The van der Waals surface area contributed by atoms with Gasteiger partial charge in [-0.1, -0.05) is 30.5 Å². The van der Waals surface area contributed by atoms with E-state index in [0.717, 1.165) is 31.4 Å². The molecular formula is C21H26ClN3O3S. The number of aromatic nitrogens is 1. The minimum absolute atomic E-state index is 0.00467. The second-order valence-electron chi connectivity index (χ2n) is 7.26. The van der Waals surface area contributed by atoms with E-state index in [2.05, 4.69) is 4.98 Å².